The Bertz CT molecular complexity index is 432. The number of rotatable bonds is 4. The van der Waals surface area contributed by atoms with E-state index in [-0.39, 0.29) is 5.91 Å². The first-order valence-corrected chi connectivity index (χ1v) is 6.74. The Balaban J connectivity index is 1.82. The van der Waals surface area contributed by atoms with Crippen LogP contribution in [0.2, 0.25) is 0 Å². The van der Waals surface area contributed by atoms with Gasteiger partial charge in [-0.15, -0.1) is 0 Å². The van der Waals surface area contributed by atoms with Gasteiger partial charge in [-0.1, -0.05) is 12.1 Å². The molecule has 6 nitrogen and oxygen atoms in total. The number of hydrogen-bond acceptors (Lipinski definition) is 5. The van der Waals surface area contributed by atoms with Crippen molar-refractivity contribution in [3.05, 3.63) is 11.8 Å². The summed E-state index contributed by atoms with van der Waals surface area (Å²) in [6.07, 6.45) is 1.09. The number of hydrogen-bond donors (Lipinski definition) is 2. The van der Waals surface area contributed by atoms with E-state index < -0.39 is 0 Å². The Kier molecular flexibility index (Phi) is 4.55. The molecule has 1 aromatic heterocycles. The van der Waals surface area contributed by atoms with E-state index in [4.69, 9.17) is 10.3 Å². The van der Waals surface area contributed by atoms with Crippen LogP contribution in [0.3, 0.4) is 0 Å². The molecule has 1 fully saturated rings. The molecule has 19 heavy (non-hydrogen) atoms. The third kappa shape index (κ3) is 3.78. The van der Waals surface area contributed by atoms with E-state index >= 15 is 0 Å². The summed E-state index contributed by atoms with van der Waals surface area (Å²) in [5.41, 5.74) is 6.52. The SMILES string of the molecule is Cc1cc(NC(=O)CN2CCC(C)C(CN)C2)on1. The minimum absolute atomic E-state index is 0.0681. The minimum atomic E-state index is -0.0681. The molecule has 2 atom stereocenters. The highest BCUT2D eigenvalue weighted by Gasteiger charge is 2.26. The zero-order chi connectivity index (χ0) is 13.8. The quantitative estimate of drug-likeness (QED) is 0.843. The van der Waals surface area contributed by atoms with Gasteiger partial charge in [0, 0.05) is 12.6 Å². The number of aryl methyl sites for hydroxylation is 1. The molecule has 0 aromatic carbocycles. The van der Waals surface area contributed by atoms with Gasteiger partial charge in [0.25, 0.3) is 0 Å². The van der Waals surface area contributed by atoms with Crippen molar-refractivity contribution in [1.29, 1.82) is 0 Å². The van der Waals surface area contributed by atoms with Crippen LogP contribution in [-0.4, -0.2) is 42.1 Å². The van der Waals surface area contributed by atoms with Crippen LogP contribution in [0.1, 0.15) is 19.0 Å². The summed E-state index contributed by atoms with van der Waals surface area (Å²) in [4.78, 5) is 14.0. The topological polar surface area (TPSA) is 84.4 Å². The van der Waals surface area contributed by atoms with Gasteiger partial charge < -0.3 is 10.3 Å². The minimum Gasteiger partial charge on any atom is -0.338 e. The first-order valence-electron chi connectivity index (χ1n) is 6.74. The molecular formula is C13H22N4O2. The Labute approximate surface area is 113 Å². The second-order valence-corrected chi connectivity index (χ2v) is 5.38. The largest absolute Gasteiger partial charge is 0.338 e. The molecular weight excluding hydrogens is 244 g/mol. The van der Waals surface area contributed by atoms with Gasteiger partial charge in [-0.25, -0.2) is 0 Å². The van der Waals surface area contributed by atoms with E-state index in [2.05, 4.69) is 22.3 Å². The van der Waals surface area contributed by atoms with Gasteiger partial charge in [0.05, 0.1) is 12.2 Å². The molecule has 6 heteroatoms. The summed E-state index contributed by atoms with van der Waals surface area (Å²) in [5.74, 6) is 1.46. The molecule has 0 spiro atoms. The van der Waals surface area contributed by atoms with Crippen molar-refractivity contribution in [3.63, 3.8) is 0 Å². The molecule has 2 rings (SSSR count). The lowest BCUT2D eigenvalue weighted by Gasteiger charge is -2.35. The molecule has 0 radical (unpaired) electrons. The summed E-state index contributed by atoms with van der Waals surface area (Å²) in [6.45, 7) is 6.94. The summed E-state index contributed by atoms with van der Waals surface area (Å²) >= 11 is 0. The Morgan fingerprint density at radius 1 is 1.68 bits per heavy atom. The molecule has 1 amide bonds. The number of carbonyl (C=O) groups excluding carboxylic acids is 1. The molecule has 3 N–H and O–H groups in total. The van der Waals surface area contributed by atoms with E-state index in [1.807, 2.05) is 6.92 Å². The monoisotopic (exact) mass is 266 g/mol. The number of nitrogens with two attached hydrogens (primary N) is 1. The molecule has 1 aromatic rings. The van der Waals surface area contributed by atoms with Crippen molar-refractivity contribution in [2.75, 3.05) is 31.5 Å². The number of amides is 1. The maximum Gasteiger partial charge on any atom is 0.240 e. The summed E-state index contributed by atoms with van der Waals surface area (Å²) < 4.78 is 4.96. The van der Waals surface area contributed by atoms with Crippen LogP contribution in [0, 0.1) is 18.8 Å². The van der Waals surface area contributed by atoms with Crippen molar-refractivity contribution in [1.82, 2.24) is 10.1 Å². The van der Waals surface area contributed by atoms with E-state index in [0.717, 1.165) is 25.2 Å². The fraction of sp³-hybridized carbons (Fsp3) is 0.692. The summed E-state index contributed by atoms with van der Waals surface area (Å²) in [5, 5.41) is 6.44. The van der Waals surface area contributed by atoms with Crippen LogP contribution >= 0.6 is 0 Å². The zero-order valence-corrected chi connectivity index (χ0v) is 11.6. The lowest BCUT2D eigenvalue weighted by atomic mass is 9.87. The van der Waals surface area contributed by atoms with Gasteiger partial charge in [-0.3, -0.25) is 15.0 Å². The molecule has 1 saturated heterocycles. The normalized spacial score (nSPS) is 24.4. The smallest absolute Gasteiger partial charge is 0.240 e. The van der Waals surface area contributed by atoms with E-state index in [0.29, 0.717) is 30.8 Å². The number of likely N-dealkylation sites (tertiary alicyclic amines) is 1. The van der Waals surface area contributed by atoms with Gasteiger partial charge in [-0.05, 0) is 38.3 Å². The second kappa shape index (κ2) is 6.16. The van der Waals surface area contributed by atoms with Crippen LogP contribution < -0.4 is 11.1 Å². The maximum atomic E-state index is 11.9. The van der Waals surface area contributed by atoms with Crippen LogP contribution in [0.4, 0.5) is 5.88 Å². The molecule has 106 valence electrons. The maximum absolute atomic E-state index is 11.9. The summed E-state index contributed by atoms with van der Waals surface area (Å²) in [7, 11) is 0. The zero-order valence-electron chi connectivity index (χ0n) is 11.6. The number of carbonyl (C=O) groups is 1. The molecule has 0 bridgehead atoms. The molecule has 2 heterocycles. The second-order valence-electron chi connectivity index (χ2n) is 5.38. The van der Waals surface area contributed by atoms with Crippen molar-refractivity contribution in [2.24, 2.45) is 17.6 Å². The highest BCUT2D eigenvalue weighted by molar-refractivity contribution is 5.90. The Hall–Kier alpha value is -1.40. The number of nitrogens with zero attached hydrogens (tertiary/aromatic N) is 2. The first-order chi connectivity index (χ1) is 9.08. The Morgan fingerprint density at radius 3 is 3.11 bits per heavy atom. The lowest BCUT2D eigenvalue weighted by Crippen LogP contribution is -2.45. The van der Waals surface area contributed by atoms with E-state index in [1.165, 1.54) is 0 Å². The predicted octanol–water partition coefficient (Wildman–Crippen LogP) is 0.838. The third-order valence-corrected chi connectivity index (χ3v) is 3.76. The van der Waals surface area contributed by atoms with Crippen LogP contribution in [0.25, 0.3) is 0 Å². The molecule has 0 aliphatic carbocycles. The van der Waals surface area contributed by atoms with Crippen LogP contribution in [-0.2, 0) is 4.79 Å². The number of nitrogens with one attached hydrogen (secondary N) is 1. The average Bonchev–Trinajstić information content (AvgIpc) is 2.77. The van der Waals surface area contributed by atoms with Gasteiger partial charge in [0.1, 0.15) is 0 Å². The van der Waals surface area contributed by atoms with Crippen molar-refractivity contribution < 1.29 is 9.32 Å². The number of aromatic nitrogens is 1. The number of anilines is 1. The van der Waals surface area contributed by atoms with Crippen molar-refractivity contribution >= 4 is 11.8 Å². The third-order valence-electron chi connectivity index (χ3n) is 3.76. The standard InChI is InChI=1S/C13H22N4O2/c1-9-3-4-17(7-11(9)6-14)8-12(18)15-13-5-10(2)16-19-13/h5,9,11H,3-4,6-8,14H2,1-2H3,(H,15,18). The van der Waals surface area contributed by atoms with Crippen LogP contribution in [0.5, 0.6) is 0 Å². The fourth-order valence-corrected chi connectivity index (χ4v) is 2.48. The van der Waals surface area contributed by atoms with Crippen molar-refractivity contribution in [3.8, 4) is 0 Å². The highest BCUT2D eigenvalue weighted by atomic mass is 16.5. The van der Waals surface area contributed by atoms with Crippen LogP contribution in [0.15, 0.2) is 10.6 Å². The first kappa shape index (κ1) is 14.0. The molecule has 2 unspecified atom stereocenters. The van der Waals surface area contributed by atoms with E-state index in [1.54, 1.807) is 6.07 Å². The average molecular weight is 266 g/mol. The number of piperidine rings is 1. The fourth-order valence-electron chi connectivity index (χ4n) is 2.48. The van der Waals surface area contributed by atoms with Gasteiger partial charge in [0.15, 0.2) is 0 Å². The van der Waals surface area contributed by atoms with Crippen molar-refractivity contribution in [2.45, 2.75) is 20.3 Å². The highest BCUT2D eigenvalue weighted by Crippen LogP contribution is 2.22. The summed E-state index contributed by atoms with van der Waals surface area (Å²) in [6, 6.07) is 1.71. The van der Waals surface area contributed by atoms with Gasteiger partial charge in [0.2, 0.25) is 11.8 Å². The Morgan fingerprint density at radius 2 is 2.47 bits per heavy atom. The molecule has 0 saturated carbocycles. The van der Waals surface area contributed by atoms with Gasteiger partial charge >= 0.3 is 0 Å². The molecule has 1 aliphatic heterocycles. The van der Waals surface area contributed by atoms with Gasteiger partial charge in [-0.2, -0.15) is 0 Å². The predicted molar refractivity (Wildman–Crippen MR) is 72.6 cm³/mol. The van der Waals surface area contributed by atoms with E-state index in [9.17, 15) is 4.79 Å². The molecule has 1 aliphatic rings. The lowest BCUT2D eigenvalue weighted by molar-refractivity contribution is -0.118.